The average molecular weight is 427 g/mol. The summed E-state index contributed by atoms with van der Waals surface area (Å²) < 4.78 is 37.8. The number of halogens is 3. The summed E-state index contributed by atoms with van der Waals surface area (Å²) in [6.07, 6.45) is 3.31. The predicted molar refractivity (Wildman–Crippen MR) is 114 cm³/mol. The highest BCUT2D eigenvalue weighted by molar-refractivity contribution is 5.80. The summed E-state index contributed by atoms with van der Waals surface area (Å²) in [6, 6.07) is 4.03. The van der Waals surface area contributed by atoms with E-state index in [0.717, 1.165) is 24.5 Å². The van der Waals surface area contributed by atoms with E-state index in [4.69, 9.17) is 0 Å². The first-order valence-electron chi connectivity index (χ1n) is 11.0. The van der Waals surface area contributed by atoms with Crippen molar-refractivity contribution < 1.29 is 13.2 Å². The molecule has 0 saturated carbocycles. The minimum Gasteiger partial charge on any atom is -0.357 e. The van der Waals surface area contributed by atoms with Crippen molar-refractivity contribution in [3.63, 3.8) is 0 Å². The van der Waals surface area contributed by atoms with Gasteiger partial charge in [0.2, 0.25) is 0 Å². The van der Waals surface area contributed by atoms with E-state index in [1.807, 2.05) is 19.2 Å². The van der Waals surface area contributed by atoms with E-state index in [1.54, 1.807) is 0 Å². The minimum absolute atomic E-state index is 0.0322. The third-order valence-electron chi connectivity index (χ3n) is 5.52. The molecule has 6 nitrogen and oxygen atoms in total. The van der Waals surface area contributed by atoms with Gasteiger partial charge < -0.3 is 15.5 Å². The molecule has 0 radical (unpaired) electrons. The number of alkyl halides is 3. The van der Waals surface area contributed by atoms with Gasteiger partial charge in [-0.3, -0.25) is 4.90 Å². The van der Waals surface area contributed by atoms with Gasteiger partial charge >= 0.3 is 6.18 Å². The lowest BCUT2D eigenvalue weighted by Gasteiger charge is -2.22. The molecule has 1 atom stereocenters. The van der Waals surface area contributed by atoms with Gasteiger partial charge in [0.1, 0.15) is 5.82 Å². The molecule has 0 spiro atoms. The molecule has 2 aliphatic rings. The Morgan fingerprint density at radius 1 is 1.20 bits per heavy atom. The molecule has 1 aromatic heterocycles. The van der Waals surface area contributed by atoms with Crippen molar-refractivity contribution in [1.82, 2.24) is 20.5 Å². The number of pyridine rings is 1. The fourth-order valence-electron chi connectivity index (χ4n) is 4.06. The highest BCUT2D eigenvalue weighted by Crippen LogP contribution is 2.20. The Labute approximate surface area is 176 Å². The van der Waals surface area contributed by atoms with Crippen LogP contribution in [0.1, 0.15) is 44.6 Å². The highest BCUT2D eigenvalue weighted by Gasteiger charge is 2.34. The molecule has 0 bridgehead atoms. The number of aliphatic imine (C=N–C) groups is 1. The highest BCUT2D eigenvalue weighted by atomic mass is 19.4. The largest absolute Gasteiger partial charge is 0.401 e. The van der Waals surface area contributed by atoms with Gasteiger partial charge in [0.25, 0.3) is 0 Å². The van der Waals surface area contributed by atoms with Crippen LogP contribution in [0.3, 0.4) is 0 Å². The summed E-state index contributed by atoms with van der Waals surface area (Å²) in [7, 11) is 0. The summed E-state index contributed by atoms with van der Waals surface area (Å²) >= 11 is 0. The van der Waals surface area contributed by atoms with E-state index in [0.29, 0.717) is 38.6 Å². The third-order valence-corrected chi connectivity index (χ3v) is 5.52. The van der Waals surface area contributed by atoms with Crippen LogP contribution in [0.2, 0.25) is 0 Å². The van der Waals surface area contributed by atoms with Crippen molar-refractivity contribution in [1.29, 1.82) is 0 Å². The zero-order valence-corrected chi connectivity index (χ0v) is 17.7. The Bertz CT molecular complexity index is 686. The molecule has 2 fully saturated rings. The van der Waals surface area contributed by atoms with Gasteiger partial charge in [-0.1, -0.05) is 12.8 Å². The molecule has 2 N–H and O–H groups in total. The van der Waals surface area contributed by atoms with Crippen molar-refractivity contribution in [2.75, 3.05) is 44.2 Å². The quantitative estimate of drug-likeness (QED) is 0.541. The average Bonchev–Trinajstić information content (AvgIpc) is 2.95. The lowest BCUT2D eigenvalue weighted by Crippen LogP contribution is -2.45. The Hall–Kier alpha value is -2.03. The molecule has 168 valence electrons. The van der Waals surface area contributed by atoms with Gasteiger partial charge in [0, 0.05) is 45.0 Å². The summed E-state index contributed by atoms with van der Waals surface area (Å²) in [5.74, 6) is 1.64. The lowest BCUT2D eigenvalue weighted by molar-refractivity contribution is -0.143. The van der Waals surface area contributed by atoms with Gasteiger partial charge in [-0.05, 0) is 43.9 Å². The van der Waals surface area contributed by atoms with Crippen molar-refractivity contribution in [2.24, 2.45) is 4.99 Å². The predicted octanol–water partition coefficient (Wildman–Crippen LogP) is 3.15. The number of rotatable bonds is 6. The second kappa shape index (κ2) is 10.8. The first kappa shape index (κ1) is 22.7. The number of guanidine groups is 1. The second-order valence-electron chi connectivity index (χ2n) is 8.10. The van der Waals surface area contributed by atoms with Crippen molar-refractivity contribution in [3.8, 4) is 0 Å². The van der Waals surface area contributed by atoms with Gasteiger partial charge in [0.05, 0.1) is 13.1 Å². The fraction of sp³-hybridized carbons (Fsp3) is 0.714. The van der Waals surface area contributed by atoms with E-state index in [2.05, 4.69) is 31.6 Å². The minimum atomic E-state index is -4.15. The molecule has 2 aliphatic heterocycles. The second-order valence-corrected chi connectivity index (χ2v) is 8.10. The molecule has 0 aromatic carbocycles. The first-order chi connectivity index (χ1) is 14.4. The summed E-state index contributed by atoms with van der Waals surface area (Å²) in [6.45, 7) is 5.22. The first-order valence-corrected chi connectivity index (χ1v) is 11.0. The van der Waals surface area contributed by atoms with Crippen LogP contribution in [0, 0.1) is 0 Å². The van der Waals surface area contributed by atoms with Crippen molar-refractivity contribution in [2.45, 2.75) is 57.8 Å². The maximum absolute atomic E-state index is 12.6. The molecule has 3 heterocycles. The van der Waals surface area contributed by atoms with Gasteiger partial charge in [0.15, 0.2) is 5.96 Å². The van der Waals surface area contributed by atoms with Crippen LogP contribution in [0.5, 0.6) is 0 Å². The van der Waals surface area contributed by atoms with Crippen LogP contribution in [-0.2, 0) is 6.54 Å². The Kier molecular flexibility index (Phi) is 8.18. The number of hydrogen-bond acceptors (Lipinski definition) is 4. The van der Waals surface area contributed by atoms with Crippen LogP contribution in [0.4, 0.5) is 19.0 Å². The molecule has 9 heteroatoms. The molecule has 0 amide bonds. The Morgan fingerprint density at radius 2 is 1.97 bits per heavy atom. The number of likely N-dealkylation sites (tertiary alicyclic amines) is 1. The maximum Gasteiger partial charge on any atom is 0.401 e. The normalized spacial score (nSPS) is 21.5. The smallest absolute Gasteiger partial charge is 0.357 e. The van der Waals surface area contributed by atoms with E-state index in [9.17, 15) is 13.2 Å². The Balaban J connectivity index is 1.57. The van der Waals surface area contributed by atoms with Crippen LogP contribution < -0.4 is 15.5 Å². The van der Waals surface area contributed by atoms with E-state index < -0.39 is 12.7 Å². The van der Waals surface area contributed by atoms with Crippen LogP contribution in [0.25, 0.3) is 0 Å². The molecule has 1 aromatic rings. The lowest BCUT2D eigenvalue weighted by atomic mass is 10.2. The van der Waals surface area contributed by atoms with Crippen molar-refractivity contribution in [3.05, 3.63) is 23.9 Å². The number of hydrogen-bond donors (Lipinski definition) is 2. The monoisotopic (exact) mass is 426 g/mol. The van der Waals surface area contributed by atoms with Gasteiger partial charge in [-0.15, -0.1) is 0 Å². The zero-order chi connectivity index (χ0) is 21.4. The van der Waals surface area contributed by atoms with Crippen molar-refractivity contribution >= 4 is 11.8 Å². The van der Waals surface area contributed by atoms with E-state index >= 15 is 0 Å². The van der Waals surface area contributed by atoms with E-state index in [-0.39, 0.29) is 6.04 Å². The topological polar surface area (TPSA) is 55.8 Å². The Morgan fingerprint density at radius 3 is 2.67 bits per heavy atom. The molecule has 1 unspecified atom stereocenters. The molecular weight excluding hydrogens is 393 g/mol. The summed E-state index contributed by atoms with van der Waals surface area (Å²) in [4.78, 5) is 13.0. The number of nitrogens with zero attached hydrogens (tertiary/aromatic N) is 4. The molecule has 2 saturated heterocycles. The van der Waals surface area contributed by atoms with Crippen LogP contribution in [-0.4, -0.2) is 67.3 Å². The molecular formula is C21H33F3N6. The fourth-order valence-corrected chi connectivity index (χ4v) is 4.06. The van der Waals surface area contributed by atoms with Gasteiger partial charge in [-0.2, -0.15) is 13.2 Å². The van der Waals surface area contributed by atoms with E-state index in [1.165, 1.54) is 30.6 Å². The molecule has 0 aliphatic carbocycles. The SMILES string of the molecule is CCNC(=NCc1ccnc(N2CCCCCC2)c1)NC1CCN(CC(F)(F)F)C1. The maximum atomic E-state index is 12.6. The molecule has 3 rings (SSSR count). The van der Waals surface area contributed by atoms with Gasteiger partial charge in [-0.25, -0.2) is 9.98 Å². The molecule has 30 heavy (non-hydrogen) atoms. The van der Waals surface area contributed by atoms with Crippen LogP contribution in [0.15, 0.2) is 23.3 Å². The standard InChI is InChI=1S/C21H33F3N6/c1-2-25-20(28-18-8-12-29(15-18)16-21(22,23)24)27-14-17-7-9-26-19(13-17)30-10-5-3-4-6-11-30/h7,9,13,18H,2-6,8,10-12,14-16H2,1H3,(H2,25,27,28). The number of nitrogens with one attached hydrogen (secondary N) is 2. The zero-order valence-electron chi connectivity index (χ0n) is 17.7. The van der Waals surface area contributed by atoms with Crippen LogP contribution >= 0.6 is 0 Å². The number of aromatic nitrogens is 1. The summed E-state index contributed by atoms with van der Waals surface area (Å²) in [5.41, 5.74) is 1.08. The number of anilines is 1. The third kappa shape index (κ3) is 7.34. The summed E-state index contributed by atoms with van der Waals surface area (Å²) in [5, 5.41) is 6.49.